The van der Waals surface area contributed by atoms with Gasteiger partial charge in [-0.1, -0.05) is 24.3 Å². The third kappa shape index (κ3) is 3.82. The molecule has 2 aliphatic heterocycles. The largest absolute Gasteiger partial charge is 0.379 e. The van der Waals surface area contributed by atoms with E-state index in [1.165, 1.54) is 0 Å². The number of nitrogens with one attached hydrogen (secondary N) is 1. The Morgan fingerprint density at radius 3 is 2.70 bits per heavy atom. The van der Waals surface area contributed by atoms with Crippen LogP contribution in [0.25, 0.3) is 11.3 Å². The smallest absolute Gasteiger partial charge is 0.134 e. The average Bonchev–Trinajstić information content (AvgIpc) is 3.14. The van der Waals surface area contributed by atoms with Gasteiger partial charge < -0.3 is 20.7 Å². The first-order valence-electron chi connectivity index (χ1n) is 9.42. The first-order chi connectivity index (χ1) is 12.9. The molecule has 6 heteroatoms. The molecule has 1 unspecified atom stereocenters. The van der Waals surface area contributed by atoms with Crippen molar-refractivity contribution in [3.63, 3.8) is 0 Å². The highest BCUT2D eigenvalue weighted by Crippen LogP contribution is 2.34. The zero-order valence-corrected chi connectivity index (χ0v) is 16.2. The number of hydrogen-bond acceptors (Lipinski definition) is 6. The molecule has 0 amide bonds. The number of ether oxygens (including phenoxy) is 1. The van der Waals surface area contributed by atoms with E-state index in [1.807, 2.05) is 27.2 Å². The molecule has 3 N–H and O–H groups in total. The quantitative estimate of drug-likeness (QED) is 0.870. The van der Waals surface area contributed by atoms with E-state index in [0.717, 1.165) is 60.1 Å². The summed E-state index contributed by atoms with van der Waals surface area (Å²) in [4.78, 5) is 11.6. The summed E-state index contributed by atoms with van der Waals surface area (Å²) >= 11 is 0. The molecule has 0 spiro atoms. The van der Waals surface area contributed by atoms with Gasteiger partial charge in [-0.2, -0.15) is 0 Å². The lowest BCUT2D eigenvalue weighted by atomic mass is 9.94. The van der Waals surface area contributed by atoms with Crippen LogP contribution in [0.2, 0.25) is 0 Å². The van der Waals surface area contributed by atoms with Crippen LogP contribution in [-0.4, -0.2) is 42.5 Å². The van der Waals surface area contributed by atoms with Crippen LogP contribution in [0.5, 0.6) is 0 Å². The van der Waals surface area contributed by atoms with Gasteiger partial charge in [0.2, 0.25) is 0 Å². The van der Waals surface area contributed by atoms with Crippen LogP contribution in [0.15, 0.2) is 35.3 Å². The summed E-state index contributed by atoms with van der Waals surface area (Å²) in [6, 6.07) is 10.7. The van der Waals surface area contributed by atoms with Crippen LogP contribution in [0.4, 0.5) is 11.5 Å². The van der Waals surface area contributed by atoms with Crippen molar-refractivity contribution in [2.45, 2.75) is 38.4 Å². The highest BCUT2D eigenvalue weighted by atomic mass is 16.5. The lowest BCUT2D eigenvalue weighted by Crippen LogP contribution is -2.28. The molecule has 27 heavy (non-hydrogen) atoms. The van der Waals surface area contributed by atoms with Gasteiger partial charge in [-0.25, -0.2) is 9.98 Å². The lowest BCUT2D eigenvalue weighted by Gasteiger charge is -2.24. The summed E-state index contributed by atoms with van der Waals surface area (Å²) in [5.41, 5.74) is 11.0. The van der Waals surface area contributed by atoms with E-state index < -0.39 is 0 Å². The van der Waals surface area contributed by atoms with E-state index in [-0.39, 0.29) is 5.54 Å². The Morgan fingerprint density at radius 2 is 2.04 bits per heavy atom. The van der Waals surface area contributed by atoms with Gasteiger partial charge in [-0.3, -0.25) is 0 Å². The topological polar surface area (TPSA) is 75.8 Å². The van der Waals surface area contributed by atoms with Crippen molar-refractivity contribution in [2.24, 2.45) is 10.7 Å². The maximum atomic E-state index is 6.20. The van der Waals surface area contributed by atoms with E-state index in [2.05, 4.69) is 45.5 Å². The number of pyridine rings is 1. The van der Waals surface area contributed by atoms with E-state index >= 15 is 0 Å². The SMILES string of the molecule is CN1C=Nc2cc(-c3ccc(C(C)(C)N)cc3)nc(NC3CCOC3)c2C1. The lowest BCUT2D eigenvalue weighted by molar-refractivity contribution is 0.195. The Kier molecular flexibility index (Phi) is 4.61. The molecule has 2 aromatic rings. The molecule has 1 aromatic heterocycles. The number of fused-ring (bicyclic) bond motifs is 1. The maximum absolute atomic E-state index is 6.20. The molecule has 0 radical (unpaired) electrons. The molecule has 0 aliphatic carbocycles. The van der Waals surface area contributed by atoms with Crippen molar-refractivity contribution in [1.82, 2.24) is 9.88 Å². The molecule has 4 rings (SSSR count). The molecular formula is C21H27N5O. The Morgan fingerprint density at radius 1 is 1.26 bits per heavy atom. The fraction of sp³-hybridized carbons (Fsp3) is 0.429. The minimum atomic E-state index is -0.355. The second-order valence-corrected chi connectivity index (χ2v) is 8.02. The number of aliphatic imine (C=N–C) groups is 1. The minimum absolute atomic E-state index is 0.300. The third-order valence-corrected chi connectivity index (χ3v) is 5.10. The van der Waals surface area contributed by atoms with Crippen LogP contribution >= 0.6 is 0 Å². The average molecular weight is 365 g/mol. The molecular weight excluding hydrogens is 338 g/mol. The van der Waals surface area contributed by atoms with Crippen molar-refractivity contribution in [1.29, 1.82) is 0 Å². The zero-order valence-electron chi connectivity index (χ0n) is 16.2. The normalized spacial score (nSPS) is 19.3. The fourth-order valence-corrected chi connectivity index (χ4v) is 3.46. The monoisotopic (exact) mass is 365 g/mol. The van der Waals surface area contributed by atoms with E-state index in [4.69, 9.17) is 15.5 Å². The number of benzene rings is 1. The van der Waals surface area contributed by atoms with Gasteiger partial charge in [-0.15, -0.1) is 0 Å². The first kappa shape index (κ1) is 17.9. The van der Waals surface area contributed by atoms with Crippen LogP contribution in [0.3, 0.4) is 0 Å². The van der Waals surface area contributed by atoms with Crippen molar-refractivity contribution < 1.29 is 4.74 Å². The zero-order chi connectivity index (χ0) is 19.0. The Bertz CT molecular complexity index is 848. The summed E-state index contributed by atoms with van der Waals surface area (Å²) < 4.78 is 5.51. The van der Waals surface area contributed by atoms with Gasteiger partial charge in [0.05, 0.1) is 30.4 Å². The number of hydrogen-bond donors (Lipinski definition) is 2. The van der Waals surface area contributed by atoms with Gasteiger partial charge in [0.25, 0.3) is 0 Å². The number of aromatic nitrogens is 1. The second-order valence-electron chi connectivity index (χ2n) is 8.02. The van der Waals surface area contributed by atoms with Crippen molar-refractivity contribution in [3.05, 3.63) is 41.5 Å². The fourth-order valence-electron chi connectivity index (χ4n) is 3.46. The Hall–Kier alpha value is -2.44. The van der Waals surface area contributed by atoms with Gasteiger partial charge in [0.1, 0.15) is 5.82 Å². The molecule has 1 saturated heterocycles. The van der Waals surface area contributed by atoms with Crippen molar-refractivity contribution in [3.8, 4) is 11.3 Å². The van der Waals surface area contributed by atoms with Crippen molar-refractivity contribution in [2.75, 3.05) is 25.6 Å². The third-order valence-electron chi connectivity index (χ3n) is 5.10. The highest BCUT2D eigenvalue weighted by Gasteiger charge is 2.22. The van der Waals surface area contributed by atoms with Crippen LogP contribution in [0.1, 0.15) is 31.4 Å². The highest BCUT2D eigenvalue weighted by molar-refractivity contribution is 5.76. The minimum Gasteiger partial charge on any atom is -0.379 e. The molecule has 1 aromatic carbocycles. The van der Waals surface area contributed by atoms with E-state index in [9.17, 15) is 0 Å². The summed E-state index contributed by atoms with van der Waals surface area (Å²) in [7, 11) is 2.02. The molecule has 1 atom stereocenters. The van der Waals surface area contributed by atoms with Crippen LogP contribution in [0, 0.1) is 0 Å². The predicted molar refractivity (Wildman–Crippen MR) is 109 cm³/mol. The molecule has 3 heterocycles. The van der Waals surface area contributed by atoms with Gasteiger partial charge in [0.15, 0.2) is 0 Å². The number of anilines is 1. The van der Waals surface area contributed by atoms with Crippen LogP contribution in [-0.2, 0) is 16.8 Å². The maximum Gasteiger partial charge on any atom is 0.134 e. The summed E-state index contributed by atoms with van der Waals surface area (Å²) in [6.45, 7) is 6.34. The Balaban J connectivity index is 1.72. The van der Waals surface area contributed by atoms with Crippen molar-refractivity contribution >= 4 is 17.8 Å². The molecule has 1 fully saturated rings. The molecule has 6 nitrogen and oxygen atoms in total. The number of rotatable bonds is 4. The molecule has 2 aliphatic rings. The van der Waals surface area contributed by atoms with Gasteiger partial charge >= 0.3 is 0 Å². The molecule has 0 saturated carbocycles. The summed E-state index contributed by atoms with van der Waals surface area (Å²) in [5.74, 6) is 0.907. The van der Waals surface area contributed by atoms with E-state index in [1.54, 1.807) is 0 Å². The number of nitrogens with zero attached hydrogens (tertiary/aromatic N) is 3. The summed E-state index contributed by atoms with van der Waals surface area (Å²) in [6.07, 6.45) is 2.87. The predicted octanol–water partition coefficient (Wildman–Crippen LogP) is 3.25. The summed E-state index contributed by atoms with van der Waals surface area (Å²) in [5, 5.41) is 3.58. The number of nitrogens with two attached hydrogens (primary N) is 1. The molecule has 0 bridgehead atoms. The van der Waals surface area contributed by atoms with Gasteiger partial charge in [-0.05, 0) is 31.9 Å². The molecule has 142 valence electrons. The standard InChI is InChI=1S/C21H27N5O/c1-21(2,22)15-6-4-14(5-7-15)18-10-19-17(11-26(3)13-23-19)20(25-18)24-16-8-9-27-12-16/h4-7,10,13,16H,8-9,11-12,22H2,1-3H3,(H,24,25). The van der Waals surface area contributed by atoms with Crippen LogP contribution < -0.4 is 11.1 Å². The van der Waals surface area contributed by atoms with Gasteiger partial charge in [0, 0.05) is 36.9 Å². The van der Waals surface area contributed by atoms with E-state index in [0.29, 0.717) is 6.04 Å². The Labute approximate surface area is 160 Å². The first-order valence-corrected chi connectivity index (χ1v) is 9.42. The second kappa shape index (κ2) is 6.94.